The second-order valence-electron chi connectivity index (χ2n) is 3.90. The van der Waals surface area contributed by atoms with E-state index in [1.807, 2.05) is 6.92 Å². The van der Waals surface area contributed by atoms with Crippen molar-refractivity contribution in [1.29, 1.82) is 0 Å². The molecule has 0 aliphatic heterocycles. The van der Waals surface area contributed by atoms with E-state index >= 15 is 0 Å². The molecule has 0 aliphatic rings. The molecule has 1 aromatic rings. The average Bonchev–Trinajstić information content (AvgIpc) is 2.44. The topological polar surface area (TPSA) is 98.4 Å². The molecule has 0 spiro atoms. The maximum Gasteiger partial charge on any atom is 0.331 e. The van der Waals surface area contributed by atoms with Gasteiger partial charge >= 0.3 is 11.9 Å². The minimum atomic E-state index is -1.21. The Balaban J connectivity index is 2.99. The molecule has 0 atom stereocenters. The third-order valence-corrected chi connectivity index (χ3v) is 3.40. The summed E-state index contributed by atoms with van der Waals surface area (Å²) in [5.74, 6) is -1.43. The fraction of sp³-hybridized carbons (Fsp3) is 0.538. The number of nitrogens with one attached hydrogen (secondary N) is 1. The zero-order valence-corrected chi connectivity index (χ0v) is 13.0. The Hall–Kier alpha value is -1.83. The van der Waals surface area contributed by atoms with Crippen LogP contribution < -0.4 is 5.56 Å². The molecule has 1 aromatic heterocycles. The number of aromatic amines is 1. The van der Waals surface area contributed by atoms with E-state index in [9.17, 15) is 14.4 Å². The highest BCUT2D eigenvalue weighted by molar-refractivity contribution is 8.01. The van der Waals surface area contributed by atoms with E-state index in [-0.39, 0.29) is 23.9 Å². The van der Waals surface area contributed by atoms with Crippen LogP contribution in [0.25, 0.3) is 0 Å². The van der Waals surface area contributed by atoms with Crippen molar-refractivity contribution >= 4 is 23.7 Å². The molecule has 0 radical (unpaired) electrons. The number of nitrogens with zero attached hydrogens (tertiary/aromatic N) is 1. The second kappa shape index (κ2) is 8.46. The van der Waals surface area contributed by atoms with Crippen LogP contribution in [0.2, 0.25) is 0 Å². The molecule has 0 unspecified atom stereocenters. The van der Waals surface area contributed by atoms with Crippen molar-refractivity contribution < 1.29 is 19.1 Å². The minimum absolute atomic E-state index is 0.147. The summed E-state index contributed by atoms with van der Waals surface area (Å²) in [7, 11) is 0. The van der Waals surface area contributed by atoms with Crippen molar-refractivity contribution in [3.63, 3.8) is 0 Å². The summed E-state index contributed by atoms with van der Waals surface area (Å²) in [5.41, 5.74) is 0.239. The van der Waals surface area contributed by atoms with Crippen molar-refractivity contribution in [1.82, 2.24) is 9.97 Å². The summed E-state index contributed by atoms with van der Waals surface area (Å²) in [6.45, 7) is 5.43. The SMILES string of the molecule is CCOC(=O)C(Sc1nc(CC)cc(=O)[nH]1)C(=O)OCC. The first-order valence-electron chi connectivity index (χ1n) is 6.61. The van der Waals surface area contributed by atoms with Gasteiger partial charge in [0.2, 0.25) is 5.25 Å². The number of carbonyl (C=O) groups excluding carboxylic acids is 2. The van der Waals surface area contributed by atoms with Gasteiger partial charge in [-0.05, 0) is 20.3 Å². The number of H-pyrrole nitrogens is 1. The van der Waals surface area contributed by atoms with E-state index in [1.54, 1.807) is 13.8 Å². The quantitative estimate of drug-likeness (QED) is 0.346. The van der Waals surface area contributed by atoms with Crippen LogP contribution in [0.15, 0.2) is 16.0 Å². The number of carbonyl (C=O) groups is 2. The summed E-state index contributed by atoms with van der Waals surface area (Å²) in [6.07, 6.45) is 0.570. The van der Waals surface area contributed by atoms with E-state index in [2.05, 4.69) is 9.97 Å². The molecule has 0 amide bonds. The van der Waals surface area contributed by atoms with Crippen molar-refractivity contribution in [2.75, 3.05) is 13.2 Å². The molecule has 0 aromatic carbocycles. The molecule has 0 bridgehead atoms. The van der Waals surface area contributed by atoms with Crippen molar-refractivity contribution in [2.24, 2.45) is 0 Å². The minimum Gasteiger partial charge on any atom is -0.465 e. The van der Waals surface area contributed by atoms with Crippen LogP contribution in [0.4, 0.5) is 0 Å². The van der Waals surface area contributed by atoms with Crippen LogP contribution in [0.5, 0.6) is 0 Å². The molecule has 0 saturated carbocycles. The second-order valence-corrected chi connectivity index (χ2v) is 4.99. The molecular formula is C13H18N2O5S. The highest BCUT2D eigenvalue weighted by atomic mass is 32.2. The Bertz CT molecular complexity index is 540. The lowest BCUT2D eigenvalue weighted by atomic mass is 10.3. The van der Waals surface area contributed by atoms with Gasteiger partial charge in [0.15, 0.2) is 5.16 Å². The lowest BCUT2D eigenvalue weighted by molar-refractivity contribution is -0.152. The van der Waals surface area contributed by atoms with E-state index in [4.69, 9.17) is 9.47 Å². The molecule has 1 N–H and O–H groups in total. The van der Waals surface area contributed by atoms with Crippen LogP contribution in [0, 0.1) is 0 Å². The van der Waals surface area contributed by atoms with Crippen LogP contribution >= 0.6 is 11.8 Å². The average molecular weight is 314 g/mol. The molecule has 1 rings (SSSR count). The predicted octanol–water partition coefficient (Wildman–Crippen LogP) is 0.919. The van der Waals surface area contributed by atoms with Gasteiger partial charge < -0.3 is 14.5 Å². The number of ether oxygens (including phenoxy) is 2. The summed E-state index contributed by atoms with van der Waals surface area (Å²) >= 11 is 0.813. The fourth-order valence-corrected chi connectivity index (χ4v) is 2.34. The molecule has 116 valence electrons. The lowest BCUT2D eigenvalue weighted by Crippen LogP contribution is -2.31. The van der Waals surface area contributed by atoms with Gasteiger partial charge in [0.25, 0.3) is 5.56 Å². The third kappa shape index (κ3) is 5.22. The lowest BCUT2D eigenvalue weighted by Gasteiger charge is -2.13. The summed E-state index contributed by atoms with van der Waals surface area (Å²) < 4.78 is 9.70. The number of rotatable bonds is 7. The van der Waals surface area contributed by atoms with Gasteiger partial charge in [0, 0.05) is 11.8 Å². The van der Waals surface area contributed by atoms with Gasteiger partial charge in [-0.25, -0.2) is 4.98 Å². The predicted molar refractivity (Wildman–Crippen MR) is 77.1 cm³/mol. The fourth-order valence-electron chi connectivity index (χ4n) is 1.46. The maximum absolute atomic E-state index is 11.8. The highest BCUT2D eigenvalue weighted by Gasteiger charge is 2.31. The largest absolute Gasteiger partial charge is 0.465 e. The monoisotopic (exact) mass is 314 g/mol. The molecule has 0 aliphatic carbocycles. The van der Waals surface area contributed by atoms with Gasteiger partial charge in [0.05, 0.1) is 13.2 Å². The number of aromatic nitrogens is 2. The molecule has 8 heteroatoms. The zero-order valence-electron chi connectivity index (χ0n) is 12.2. The third-order valence-electron chi connectivity index (χ3n) is 2.37. The van der Waals surface area contributed by atoms with E-state index in [0.29, 0.717) is 12.1 Å². The van der Waals surface area contributed by atoms with Crippen LogP contribution in [0.1, 0.15) is 26.5 Å². The Labute approximate surface area is 126 Å². The van der Waals surface area contributed by atoms with Crippen molar-refractivity contribution in [2.45, 2.75) is 37.6 Å². The van der Waals surface area contributed by atoms with Crippen LogP contribution in [-0.4, -0.2) is 40.4 Å². The number of hydrogen-bond donors (Lipinski definition) is 1. The first-order valence-corrected chi connectivity index (χ1v) is 7.49. The maximum atomic E-state index is 11.8. The number of hydrogen-bond acceptors (Lipinski definition) is 7. The first kappa shape index (κ1) is 17.2. The Morgan fingerprint density at radius 2 is 1.81 bits per heavy atom. The highest BCUT2D eigenvalue weighted by Crippen LogP contribution is 2.21. The smallest absolute Gasteiger partial charge is 0.331 e. The van der Waals surface area contributed by atoms with Crippen LogP contribution in [0.3, 0.4) is 0 Å². The standard InChI is InChI=1S/C13H18N2O5S/c1-4-8-7-9(16)15-13(14-8)21-10(11(17)19-5-2)12(18)20-6-3/h7,10H,4-6H2,1-3H3,(H,14,15,16). The molecule has 0 saturated heterocycles. The first-order chi connectivity index (χ1) is 10.0. The van der Waals surface area contributed by atoms with Crippen molar-refractivity contribution in [3.05, 3.63) is 22.1 Å². The summed E-state index contributed by atoms with van der Waals surface area (Å²) in [4.78, 5) is 41.8. The van der Waals surface area contributed by atoms with Crippen LogP contribution in [-0.2, 0) is 25.5 Å². The van der Waals surface area contributed by atoms with E-state index < -0.39 is 17.2 Å². The Kier molecular flexibility index (Phi) is 6.93. The van der Waals surface area contributed by atoms with Gasteiger partial charge in [-0.2, -0.15) is 0 Å². The van der Waals surface area contributed by atoms with Gasteiger partial charge in [-0.1, -0.05) is 18.7 Å². The molecule has 0 fully saturated rings. The van der Waals surface area contributed by atoms with E-state index in [1.165, 1.54) is 6.07 Å². The molecule has 7 nitrogen and oxygen atoms in total. The number of esters is 2. The zero-order chi connectivity index (χ0) is 15.8. The molecule has 21 heavy (non-hydrogen) atoms. The normalized spacial score (nSPS) is 10.5. The summed E-state index contributed by atoms with van der Waals surface area (Å²) in [6, 6.07) is 1.37. The van der Waals surface area contributed by atoms with E-state index in [0.717, 1.165) is 11.8 Å². The van der Waals surface area contributed by atoms with Gasteiger partial charge in [-0.3, -0.25) is 14.4 Å². The molecule has 1 heterocycles. The molecular weight excluding hydrogens is 296 g/mol. The van der Waals surface area contributed by atoms with Crippen molar-refractivity contribution in [3.8, 4) is 0 Å². The summed E-state index contributed by atoms with van der Waals surface area (Å²) in [5, 5.41) is -1.02. The number of thioether (sulfide) groups is 1. The number of aryl methyl sites for hydroxylation is 1. The van der Waals surface area contributed by atoms with Gasteiger partial charge in [0.1, 0.15) is 0 Å². The Morgan fingerprint density at radius 3 is 2.29 bits per heavy atom. The Morgan fingerprint density at radius 1 is 1.24 bits per heavy atom. The van der Waals surface area contributed by atoms with Gasteiger partial charge in [-0.15, -0.1) is 0 Å².